The maximum Gasteiger partial charge on any atom is 0.251 e. The van der Waals surface area contributed by atoms with Gasteiger partial charge in [-0.05, 0) is 13.5 Å². The Morgan fingerprint density at radius 2 is 2.33 bits per heavy atom. The summed E-state index contributed by atoms with van der Waals surface area (Å²) in [5.74, 6) is -0.0838. The molecule has 0 saturated carbocycles. The molecule has 0 aromatic rings. The molecule has 1 unspecified atom stereocenters. The zero-order chi connectivity index (χ0) is 11.1. The maximum atomic E-state index is 11.6. The van der Waals surface area contributed by atoms with Crippen molar-refractivity contribution in [3.05, 3.63) is 0 Å². The van der Waals surface area contributed by atoms with Crippen LogP contribution in [0.5, 0.6) is 0 Å². The lowest BCUT2D eigenvalue weighted by molar-refractivity contribution is -0.147. The molecule has 0 radical (unpaired) electrons. The fraction of sp³-hybridized carbons (Fsp3) is 0.900. The van der Waals surface area contributed by atoms with Gasteiger partial charge in [-0.25, -0.2) is 0 Å². The maximum absolute atomic E-state index is 11.6. The van der Waals surface area contributed by atoms with Gasteiger partial charge in [0.2, 0.25) is 0 Å². The van der Waals surface area contributed by atoms with Crippen molar-refractivity contribution >= 4 is 5.91 Å². The van der Waals surface area contributed by atoms with E-state index >= 15 is 0 Å². The van der Waals surface area contributed by atoms with E-state index in [0.717, 1.165) is 6.54 Å². The second-order valence-electron chi connectivity index (χ2n) is 3.64. The molecule has 2 N–H and O–H groups in total. The summed E-state index contributed by atoms with van der Waals surface area (Å²) in [6.45, 7) is 7.03. The fourth-order valence-electron chi connectivity index (χ4n) is 1.43. The molecule has 5 heteroatoms. The average Bonchev–Trinajstić information content (AvgIpc) is 2.27. The van der Waals surface area contributed by atoms with Gasteiger partial charge in [0.05, 0.1) is 19.8 Å². The number of likely N-dealkylation sites (N-methyl/N-ethyl adjacent to an activating group) is 1. The summed E-state index contributed by atoms with van der Waals surface area (Å²) in [5.41, 5.74) is 0. The first kappa shape index (κ1) is 12.4. The zero-order valence-corrected chi connectivity index (χ0v) is 9.41. The van der Waals surface area contributed by atoms with Gasteiger partial charge in [0.15, 0.2) is 6.10 Å². The fourth-order valence-corrected chi connectivity index (χ4v) is 1.43. The molecular formula is C10H20N2O3. The van der Waals surface area contributed by atoms with Crippen LogP contribution in [0.3, 0.4) is 0 Å². The van der Waals surface area contributed by atoms with Gasteiger partial charge in [0.25, 0.3) is 5.91 Å². The summed E-state index contributed by atoms with van der Waals surface area (Å²) < 4.78 is 10.4. The number of nitrogens with one attached hydrogen (secondary N) is 2. The summed E-state index contributed by atoms with van der Waals surface area (Å²) in [5, 5.41) is 6.05. The van der Waals surface area contributed by atoms with Crippen molar-refractivity contribution in [2.75, 3.05) is 32.9 Å². The van der Waals surface area contributed by atoms with Crippen LogP contribution in [-0.4, -0.2) is 51.0 Å². The van der Waals surface area contributed by atoms with E-state index in [-0.39, 0.29) is 11.9 Å². The van der Waals surface area contributed by atoms with E-state index in [4.69, 9.17) is 9.47 Å². The normalized spacial score (nSPS) is 23.5. The molecule has 88 valence electrons. The minimum Gasteiger partial charge on any atom is -0.376 e. The minimum absolute atomic E-state index is 0.0838. The predicted molar refractivity (Wildman–Crippen MR) is 56.7 cm³/mol. The molecule has 0 aliphatic carbocycles. The van der Waals surface area contributed by atoms with E-state index in [2.05, 4.69) is 10.6 Å². The van der Waals surface area contributed by atoms with Crippen molar-refractivity contribution in [1.29, 1.82) is 0 Å². The number of amides is 1. The molecule has 0 spiro atoms. The Morgan fingerprint density at radius 1 is 1.53 bits per heavy atom. The molecule has 0 aromatic carbocycles. The number of hydrogen-bond acceptors (Lipinski definition) is 4. The number of carbonyl (C=O) groups is 1. The Labute approximate surface area is 90.5 Å². The largest absolute Gasteiger partial charge is 0.376 e. The third kappa shape index (κ3) is 4.59. The lowest BCUT2D eigenvalue weighted by atomic mass is 10.3. The molecule has 5 nitrogen and oxygen atoms in total. The van der Waals surface area contributed by atoms with Crippen LogP contribution >= 0.6 is 0 Å². The van der Waals surface area contributed by atoms with Gasteiger partial charge in [0.1, 0.15) is 0 Å². The molecule has 1 aliphatic rings. The van der Waals surface area contributed by atoms with Gasteiger partial charge in [-0.15, -0.1) is 0 Å². The monoisotopic (exact) mass is 216 g/mol. The second-order valence-corrected chi connectivity index (χ2v) is 3.64. The van der Waals surface area contributed by atoms with Crippen molar-refractivity contribution in [2.45, 2.75) is 26.0 Å². The first-order valence-corrected chi connectivity index (χ1v) is 5.44. The van der Waals surface area contributed by atoms with Crippen LogP contribution in [0, 0.1) is 0 Å². The number of carbonyl (C=O) groups excluding carboxylic acids is 1. The Kier molecular flexibility index (Phi) is 5.60. The quantitative estimate of drug-likeness (QED) is 0.651. The Morgan fingerprint density at radius 3 is 2.93 bits per heavy atom. The first-order valence-electron chi connectivity index (χ1n) is 5.44. The van der Waals surface area contributed by atoms with Gasteiger partial charge in [-0.1, -0.05) is 6.92 Å². The molecule has 15 heavy (non-hydrogen) atoms. The third-order valence-electron chi connectivity index (χ3n) is 2.24. The summed E-state index contributed by atoms with van der Waals surface area (Å²) in [6.07, 6.45) is -0.437. The highest BCUT2D eigenvalue weighted by atomic mass is 16.6. The molecular weight excluding hydrogens is 196 g/mol. The minimum atomic E-state index is -0.437. The lowest BCUT2D eigenvalue weighted by Crippen LogP contribution is -2.46. The van der Waals surface area contributed by atoms with Crippen molar-refractivity contribution in [2.24, 2.45) is 0 Å². The molecule has 0 bridgehead atoms. The van der Waals surface area contributed by atoms with Crippen LogP contribution in [0.2, 0.25) is 0 Å². The summed E-state index contributed by atoms with van der Waals surface area (Å²) in [7, 11) is 0. The predicted octanol–water partition coefficient (Wildman–Crippen LogP) is -0.484. The molecule has 1 amide bonds. The molecule has 2 atom stereocenters. The van der Waals surface area contributed by atoms with Gasteiger partial charge in [-0.3, -0.25) is 4.79 Å². The molecule has 1 fully saturated rings. The van der Waals surface area contributed by atoms with Crippen LogP contribution in [0.25, 0.3) is 0 Å². The highest BCUT2D eigenvalue weighted by Gasteiger charge is 2.22. The topological polar surface area (TPSA) is 59.6 Å². The molecule has 0 aromatic heterocycles. The highest BCUT2D eigenvalue weighted by Crippen LogP contribution is 2.00. The van der Waals surface area contributed by atoms with E-state index in [1.807, 2.05) is 13.8 Å². The first-order chi connectivity index (χ1) is 7.24. The molecule has 1 heterocycles. The van der Waals surface area contributed by atoms with Crippen LogP contribution in [-0.2, 0) is 14.3 Å². The van der Waals surface area contributed by atoms with Crippen LogP contribution < -0.4 is 10.6 Å². The summed E-state index contributed by atoms with van der Waals surface area (Å²) in [6, 6.07) is 0.281. The summed E-state index contributed by atoms with van der Waals surface area (Å²) in [4.78, 5) is 11.6. The highest BCUT2D eigenvalue weighted by molar-refractivity contribution is 5.81. The second kappa shape index (κ2) is 6.76. The van der Waals surface area contributed by atoms with Crippen molar-refractivity contribution < 1.29 is 14.3 Å². The molecule has 1 rings (SSSR count). The Balaban J connectivity index is 2.16. The summed E-state index contributed by atoms with van der Waals surface area (Å²) >= 11 is 0. The van der Waals surface area contributed by atoms with Gasteiger partial charge >= 0.3 is 0 Å². The smallest absolute Gasteiger partial charge is 0.251 e. The van der Waals surface area contributed by atoms with Gasteiger partial charge in [0, 0.05) is 12.6 Å². The van der Waals surface area contributed by atoms with Crippen LogP contribution in [0.1, 0.15) is 13.8 Å². The molecule has 1 saturated heterocycles. The third-order valence-corrected chi connectivity index (χ3v) is 2.24. The Bertz CT molecular complexity index is 193. The van der Waals surface area contributed by atoms with Crippen molar-refractivity contribution in [3.63, 3.8) is 0 Å². The van der Waals surface area contributed by atoms with Crippen molar-refractivity contribution in [3.8, 4) is 0 Å². The number of rotatable bonds is 5. The zero-order valence-electron chi connectivity index (χ0n) is 9.41. The Hall–Kier alpha value is -0.650. The molecule has 1 aliphatic heterocycles. The van der Waals surface area contributed by atoms with E-state index < -0.39 is 6.10 Å². The van der Waals surface area contributed by atoms with E-state index in [1.165, 1.54) is 0 Å². The van der Waals surface area contributed by atoms with Gasteiger partial charge < -0.3 is 20.1 Å². The van der Waals surface area contributed by atoms with E-state index in [9.17, 15) is 4.79 Å². The lowest BCUT2D eigenvalue weighted by Gasteiger charge is -2.23. The average molecular weight is 216 g/mol. The standard InChI is InChI=1S/C10H20N2O3/c1-3-11-8(2)6-12-10(13)9-7-14-4-5-15-9/h8-9,11H,3-7H2,1-2H3,(H,12,13)/t8-,9?/m1/s1. The van der Waals surface area contributed by atoms with Crippen LogP contribution in [0.15, 0.2) is 0 Å². The number of ether oxygens (including phenoxy) is 2. The van der Waals surface area contributed by atoms with Crippen molar-refractivity contribution in [1.82, 2.24) is 10.6 Å². The van der Waals surface area contributed by atoms with E-state index in [1.54, 1.807) is 0 Å². The van der Waals surface area contributed by atoms with Crippen LogP contribution in [0.4, 0.5) is 0 Å². The van der Waals surface area contributed by atoms with E-state index in [0.29, 0.717) is 26.4 Å². The number of hydrogen-bond donors (Lipinski definition) is 2. The van der Waals surface area contributed by atoms with Gasteiger partial charge in [-0.2, -0.15) is 0 Å². The SMILES string of the molecule is CCN[C@H](C)CNC(=O)C1COCCO1.